The summed E-state index contributed by atoms with van der Waals surface area (Å²) < 4.78 is 6.23. The Balaban J connectivity index is 1.92. The molecular formula is C15H10BrNO2S. The normalized spacial score (nSPS) is 16.4. The second kappa shape index (κ2) is 5.34. The zero-order chi connectivity index (χ0) is 14.1. The number of rotatable bonds is 2. The van der Waals surface area contributed by atoms with Crippen molar-refractivity contribution in [2.75, 3.05) is 0 Å². The van der Waals surface area contributed by atoms with Crippen molar-refractivity contribution in [3.05, 3.63) is 61.9 Å². The standard InChI is InChI=1S/C15H10BrNO2S/c1-9-2-4-10(5-3-9)14-17-12(15(18)19-14)8-11-6-7-13(16)20-11/h2-8H,1H3/b12-8-. The molecule has 0 radical (unpaired) electrons. The highest BCUT2D eigenvalue weighted by molar-refractivity contribution is 9.11. The highest BCUT2D eigenvalue weighted by atomic mass is 79.9. The van der Waals surface area contributed by atoms with Crippen LogP contribution in [0.5, 0.6) is 0 Å². The van der Waals surface area contributed by atoms with Crippen molar-refractivity contribution < 1.29 is 9.53 Å². The molecule has 1 aliphatic rings. The van der Waals surface area contributed by atoms with Crippen molar-refractivity contribution in [2.45, 2.75) is 6.92 Å². The average Bonchev–Trinajstić information content (AvgIpc) is 2.98. The van der Waals surface area contributed by atoms with E-state index in [0.717, 1.165) is 19.8 Å². The molecule has 0 saturated carbocycles. The number of ether oxygens (including phenoxy) is 1. The molecule has 0 aliphatic carbocycles. The number of nitrogens with zero attached hydrogens (tertiary/aromatic N) is 1. The number of cyclic esters (lactones) is 1. The molecule has 2 aromatic rings. The van der Waals surface area contributed by atoms with Crippen molar-refractivity contribution in [2.24, 2.45) is 4.99 Å². The molecule has 3 rings (SSSR count). The average molecular weight is 348 g/mol. The summed E-state index contributed by atoms with van der Waals surface area (Å²) in [4.78, 5) is 17.1. The summed E-state index contributed by atoms with van der Waals surface area (Å²) in [6.45, 7) is 2.01. The Morgan fingerprint density at radius 3 is 2.60 bits per heavy atom. The number of halogens is 1. The second-order valence-electron chi connectivity index (χ2n) is 4.34. The third-order valence-electron chi connectivity index (χ3n) is 2.79. The Hall–Kier alpha value is -1.72. The molecule has 20 heavy (non-hydrogen) atoms. The minimum absolute atomic E-state index is 0.329. The van der Waals surface area contributed by atoms with Crippen LogP contribution in [0.15, 0.2) is 50.9 Å². The molecule has 100 valence electrons. The molecule has 1 aromatic heterocycles. The van der Waals surface area contributed by atoms with E-state index >= 15 is 0 Å². The van der Waals surface area contributed by atoms with Gasteiger partial charge in [-0.25, -0.2) is 9.79 Å². The fraction of sp³-hybridized carbons (Fsp3) is 0.0667. The number of carbonyl (C=O) groups is 1. The van der Waals surface area contributed by atoms with Crippen LogP contribution in [0.3, 0.4) is 0 Å². The Labute approximate surface area is 128 Å². The molecule has 0 bridgehead atoms. The van der Waals surface area contributed by atoms with E-state index < -0.39 is 5.97 Å². The van der Waals surface area contributed by atoms with Gasteiger partial charge in [0.05, 0.1) is 3.79 Å². The summed E-state index contributed by atoms with van der Waals surface area (Å²) >= 11 is 4.93. The maximum atomic E-state index is 11.8. The first-order chi connectivity index (χ1) is 9.61. The quantitative estimate of drug-likeness (QED) is 0.604. The number of benzene rings is 1. The van der Waals surface area contributed by atoms with Crippen LogP contribution in [0.4, 0.5) is 0 Å². The summed E-state index contributed by atoms with van der Waals surface area (Å²) in [7, 11) is 0. The van der Waals surface area contributed by atoms with Gasteiger partial charge in [0, 0.05) is 10.4 Å². The Kier molecular flexibility index (Phi) is 3.54. The van der Waals surface area contributed by atoms with Gasteiger partial charge in [-0.2, -0.15) is 0 Å². The number of hydrogen-bond acceptors (Lipinski definition) is 4. The molecular weight excluding hydrogens is 338 g/mol. The van der Waals surface area contributed by atoms with Gasteiger partial charge in [-0.1, -0.05) is 17.7 Å². The smallest absolute Gasteiger partial charge is 0.363 e. The van der Waals surface area contributed by atoms with Crippen LogP contribution in [0.25, 0.3) is 6.08 Å². The lowest BCUT2D eigenvalue weighted by molar-refractivity contribution is -0.129. The van der Waals surface area contributed by atoms with E-state index in [2.05, 4.69) is 20.9 Å². The van der Waals surface area contributed by atoms with Crippen LogP contribution < -0.4 is 0 Å². The van der Waals surface area contributed by atoms with Gasteiger partial charge >= 0.3 is 5.97 Å². The largest absolute Gasteiger partial charge is 0.402 e. The van der Waals surface area contributed by atoms with E-state index in [0.29, 0.717) is 11.6 Å². The number of hydrogen-bond donors (Lipinski definition) is 0. The van der Waals surface area contributed by atoms with Gasteiger partial charge in [-0.3, -0.25) is 0 Å². The molecule has 1 aliphatic heterocycles. The first-order valence-corrected chi connectivity index (χ1v) is 7.58. The predicted molar refractivity (Wildman–Crippen MR) is 83.8 cm³/mol. The van der Waals surface area contributed by atoms with Gasteiger partial charge in [-0.15, -0.1) is 11.3 Å². The maximum Gasteiger partial charge on any atom is 0.363 e. The number of aryl methyl sites for hydroxylation is 1. The zero-order valence-electron chi connectivity index (χ0n) is 10.6. The summed E-state index contributed by atoms with van der Waals surface area (Å²) in [5.74, 6) is -0.0537. The van der Waals surface area contributed by atoms with Gasteiger partial charge in [0.1, 0.15) is 0 Å². The first-order valence-electron chi connectivity index (χ1n) is 5.97. The number of aliphatic imine (C=N–C) groups is 1. The first kappa shape index (κ1) is 13.3. The molecule has 0 spiro atoms. The minimum Gasteiger partial charge on any atom is -0.402 e. The lowest BCUT2D eigenvalue weighted by atomic mass is 10.1. The summed E-state index contributed by atoms with van der Waals surface area (Å²) in [6, 6.07) is 11.6. The lowest BCUT2D eigenvalue weighted by Gasteiger charge is -1.99. The second-order valence-corrected chi connectivity index (χ2v) is 6.84. The summed E-state index contributed by atoms with van der Waals surface area (Å²) in [5.41, 5.74) is 2.28. The molecule has 0 N–H and O–H groups in total. The van der Waals surface area contributed by atoms with E-state index in [4.69, 9.17) is 4.74 Å². The van der Waals surface area contributed by atoms with Gasteiger partial charge in [-0.05, 0) is 53.2 Å². The van der Waals surface area contributed by atoms with Crippen LogP contribution in [0.1, 0.15) is 16.0 Å². The number of esters is 1. The van der Waals surface area contributed by atoms with Gasteiger partial charge < -0.3 is 4.74 Å². The van der Waals surface area contributed by atoms with Crippen molar-refractivity contribution >= 4 is 45.2 Å². The Morgan fingerprint density at radius 2 is 1.95 bits per heavy atom. The topological polar surface area (TPSA) is 38.7 Å². The van der Waals surface area contributed by atoms with E-state index in [1.807, 2.05) is 43.3 Å². The fourth-order valence-electron chi connectivity index (χ4n) is 1.77. The van der Waals surface area contributed by atoms with Gasteiger partial charge in [0.2, 0.25) is 5.90 Å². The molecule has 5 heteroatoms. The molecule has 1 aromatic carbocycles. The van der Waals surface area contributed by atoms with E-state index in [1.165, 1.54) is 11.3 Å². The Morgan fingerprint density at radius 1 is 1.20 bits per heavy atom. The predicted octanol–water partition coefficient (Wildman–Crippen LogP) is 4.16. The highest BCUT2D eigenvalue weighted by Gasteiger charge is 2.24. The Bertz CT molecular complexity index is 729. The van der Waals surface area contributed by atoms with Crippen LogP contribution in [-0.4, -0.2) is 11.9 Å². The fourth-order valence-corrected chi connectivity index (χ4v) is 3.13. The zero-order valence-corrected chi connectivity index (χ0v) is 13.0. The maximum absolute atomic E-state index is 11.8. The summed E-state index contributed by atoms with van der Waals surface area (Å²) in [6.07, 6.45) is 1.74. The SMILES string of the molecule is Cc1ccc(C2=N/C(=C\c3ccc(Br)s3)C(=O)O2)cc1. The molecule has 0 amide bonds. The van der Waals surface area contributed by atoms with Crippen molar-refractivity contribution in [1.29, 1.82) is 0 Å². The number of thiophene rings is 1. The highest BCUT2D eigenvalue weighted by Crippen LogP contribution is 2.26. The monoisotopic (exact) mass is 347 g/mol. The third-order valence-corrected chi connectivity index (χ3v) is 4.36. The lowest BCUT2D eigenvalue weighted by Crippen LogP contribution is -2.05. The van der Waals surface area contributed by atoms with E-state index in [-0.39, 0.29) is 0 Å². The van der Waals surface area contributed by atoms with E-state index in [9.17, 15) is 4.79 Å². The van der Waals surface area contributed by atoms with Crippen LogP contribution in [0, 0.1) is 6.92 Å². The van der Waals surface area contributed by atoms with Crippen LogP contribution in [0.2, 0.25) is 0 Å². The minimum atomic E-state index is -0.412. The third kappa shape index (κ3) is 2.73. The molecule has 0 fully saturated rings. The molecule has 0 saturated heterocycles. The van der Waals surface area contributed by atoms with Crippen molar-refractivity contribution in [3.63, 3.8) is 0 Å². The van der Waals surface area contributed by atoms with Crippen LogP contribution >= 0.6 is 27.3 Å². The molecule has 2 heterocycles. The molecule has 0 atom stereocenters. The van der Waals surface area contributed by atoms with Gasteiger partial charge in [0.25, 0.3) is 0 Å². The van der Waals surface area contributed by atoms with E-state index in [1.54, 1.807) is 6.08 Å². The van der Waals surface area contributed by atoms with Crippen molar-refractivity contribution in [3.8, 4) is 0 Å². The molecule has 3 nitrogen and oxygen atoms in total. The number of carbonyl (C=O) groups excluding carboxylic acids is 1. The summed E-state index contributed by atoms with van der Waals surface area (Å²) in [5, 5.41) is 0. The van der Waals surface area contributed by atoms with Crippen LogP contribution in [-0.2, 0) is 9.53 Å². The van der Waals surface area contributed by atoms with Crippen molar-refractivity contribution in [1.82, 2.24) is 0 Å². The molecule has 0 unspecified atom stereocenters. The van der Waals surface area contributed by atoms with Gasteiger partial charge in [0.15, 0.2) is 5.70 Å².